The summed E-state index contributed by atoms with van der Waals surface area (Å²) in [5, 5.41) is 9.85. The Bertz CT molecular complexity index is 860. The van der Waals surface area contributed by atoms with Crippen LogP contribution in [0.3, 0.4) is 0 Å². The van der Waals surface area contributed by atoms with Crippen LogP contribution in [0.4, 0.5) is 5.95 Å². The molecule has 0 spiro atoms. The molecular weight excluding hydrogens is 284 g/mol. The number of nitrogens with zero attached hydrogens (tertiary/aromatic N) is 3. The Balaban J connectivity index is 2.21. The molecule has 0 aliphatic heterocycles. The van der Waals surface area contributed by atoms with Crippen molar-refractivity contribution in [2.24, 2.45) is 0 Å². The second kappa shape index (κ2) is 5.12. The molecule has 0 saturated heterocycles. The Morgan fingerprint density at radius 1 is 1.29 bits per heavy atom. The molecule has 4 nitrogen and oxygen atoms in total. The Labute approximate surface area is 127 Å². The number of imidazole rings is 1. The van der Waals surface area contributed by atoms with Gasteiger partial charge < -0.3 is 10.3 Å². The van der Waals surface area contributed by atoms with Gasteiger partial charge in [-0.1, -0.05) is 29.8 Å². The Morgan fingerprint density at radius 3 is 2.76 bits per heavy atom. The highest BCUT2D eigenvalue weighted by Gasteiger charge is 2.17. The van der Waals surface area contributed by atoms with Gasteiger partial charge in [0, 0.05) is 5.02 Å². The van der Waals surface area contributed by atoms with Gasteiger partial charge in [0.15, 0.2) is 0 Å². The second-order valence-electron chi connectivity index (χ2n) is 4.86. The summed E-state index contributed by atoms with van der Waals surface area (Å²) in [5.41, 5.74) is 9.10. The average molecular weight is 297 g/mol. The number of rotatable bonds is 2. The van der Waals surface area contributed by atoms with E-state index in [1.807, 2.05) is 47.9 Å². The molecule has 104 valence electrons. The molecule has 3 rings (SSSR count). The highest BCUT2D eigenvalue weighted by Crippen LogP contribution is 2.29. The molecular formula is C16H13ClN4. The first-order valence-electron chi connectivity index (χ1n) is 6.54. The van der Waals surface area contributed by atoms with Crippen LogP contribution in [-0.4, -0.2) is 9.55 Å². The molecule has 0 bridgehead atoms. The normalized spacial score (nSPS) is 12.2. The van der Waals surface area contributed by atoms with Crippen molar-refractivity contribution in [2.75, 3.05) is 5.73 Å². The third kappa shape index (κ3) is 2.22. The minimum atomic E-state index is -0.0253. The third-order valence-corrected chi connectivity index (χ3v) is 3.82. The number of benzene rings is 2. The predicted octanol–water partition coefficient (Wildman–Crippen LogP) is 3.75. The second-order valence-corrected chi connectivity index (χ2v) is 5.29. The largest absolute Gasteiger partial charge is 0.369 e. The SMILES string of the molecule is CC(c1cccc(Cl)c1)n1c(N)nc2c(C#N)cccc21. The Hall–Kier alpha value is -2.51. The van der Waals surface area contributed by atoms with Crippen LogP contribution in [0.25, 0.3) is 11.0 Å². The number of nitriles is 1. The number of hydrogen-bond donors (Lipinski definition) is 1. The zero-order valence-corrected chi connectivity index (χ0v) is 12.2. The first-order valence-corrected chi connectivity index (χ1v) is 6.91. The summed E-state index contributed by atoms with van der Waals surface area (Å²) in [5.74, 6) is 0.389. The molecule has 0 fully saturated rings. The van der Waals surface area contributed by atoms with Gasteiger partial charge in [-0.05, 0) is 36.8 Å². The van der Waals surface area contributed by atoms with Crippen molar-refractivity contribution in [3.8, 4) is 6.07 Å². The third-order valence-electron chi connectivity index (χ3n) is 3.59. The van der Waals surface area contributed by atoms with Crippen LogP contribution in [0, 0.1) is 11.3 Å². The number of halogens is 1. The monoisotopic (exact) mass is 296 g/mol. The van der Waals surface area contributed by atoms with E-state index in [0.717, 1.165) is 11.1 Å². The summed E-state index contributed by atoms with van der Waals surface area (Å²) in [7, 11) is 0. The van der Waals surface area contributed by atoms with E-state index in [1.54, 1.807) is 6.07 Å². The molecule has 0 radical (unpaired) electrons. The fourth-order valence-electron chi connectivity index (χ4n) is 2.55. The minimum absolute atomic E-state index is 0.0253. The summed E-state index contributed by atoms with van der Waals surface area (Å²) < 4.78 is 1.92. The van der Waals surface area contributed by atoms with Gasteiger partial charge in [-0.2, -0.15) is 5.26 Å². The summed E-state index contributed by atoms with van der Waals surface area (Å²) >= 11 is 6.06. The molecule has 3 aromatic rings. The van der Waals surface area contributed by atoms with E-state index >= 15 is 0 Å². The van der Waals surface area contributed by atoms with Crippen molar-refractivity contribution >= 4 is 28.6 Å². The van der Waals surface area contributed by atoms with Gasteiger partial charge in [0.05, 0.1) is 17.1 Å². The fraction of sp³-hybridized carbons (Fsp3) is 0.125. The van der Waals surface area contributed by atoms with Crippen molar-refractivity contribution in [1.82, 2.24) is 9.55 Å². The standard InChI is InChI=1S/C16H13ClN4/c1-10(11-4-2-6-13(17)8-11)21-14-7-3-5-12(9-18)15(14)20-16(21)19/h2-8,10H,1H3,(H2,19,20). The van der Waals surface area contributed by atoms with E-state index in [0.29, 0.717) is 22.1 Å². The highest BCUT2D eigenvalue weighted by atomic mass is 35.5. The van der Waals surface area contributed by atoms with Crippen LogP contribution in [0.1, 0.15) is 24.1 Å². The zero-order chi connectivity index (χ0) is 15.0. The number of nitrogen functional groups attached to an aromatic ring is 1. The van der Waals surface area contributed by atoms with Gasteiger partial charge >= 0.3 is 0 Å². The minimum Gasteiger partial charge on any atom is -0.369 e. The fourth-order valence-corrected chi connectivity index (χ4v) is 2.75. The molecule has 2 N–H and O–H groups in total. The first kappa shape index (κ1) is 13.5. The number of hydrogen-bond acceptors (Lipinski definition) is 3. The summed E-state index contributed by atoms with van der Waals surface area (Å²) in [6.07, 6.45) is 0. The first-order chi connectivity index (χ1) is 10.1. The number of fused-ring (bicyclic) bond motifs is 1. The van der Waals surface area contributed by atoms with Gasteiger partial charge in [-0.3, -0.25) is 0 Å². The van der Waals surface area contributed by atoms with Gasteiger partial charge in [-0.25, -0.2) is 4.98 Å². The molecule has 1 unspecified atom stereocenters. The van der Waals surface area contributed by atoms with Gasteiger partial charge in [-0.15, -0.1) is 0 Å². The van der Waals surface area contributed by atoms with Crippen LogP contribution in [0.2, 0.25) is 5.02 Å². The lowest BCUT2D eigenvalue weighted by Gasteiger charge is -2.16. The lowest BCUT2D eigenvalue weighted by molar-refractivity contribution is 0.668. The number of aromatic nitrogens is 2. The van der Waals surface area contributed by atoms with Crippen molar-refractivity contribution in [3.05, 3.63) is 58.6 Å². The zero-order valence-electron chi connectivity index (χ0n) is 11.4. The maximum absolute atomic E-state index is 9.17. The molecule has 0 aliphatic carbocycles. The molecule has 1 atom stereocenters. The summed E-state index contributed by atoms with van der Waals surface area (Å²) in [4.78, 5) is 4.34. The van der Waals surface area contributed by atoms with Crippen molar-refractivity contribution in [1.29, 1.82) is 5.26 Å². The van der Waals surface area contributed by atoms with Crippen LogP contribution in [-0.2, 0) is 0 Å². The van der Waals surface area contributed by atoms with Gasteiger partial charge in [0.1, 0.15) is 11.6 Å². The highest BCUT2D eigenvalue weighted by molar-refractivity contribution is 6.30. The van der Waals surface area contributed by atoms with E-state index < -0.39 is 0 Å². The topological polar surface area (TPSA) is 67.6 Å². The van der Waals surface area contributed by atoms with Crippen LogP contribution >= 0.6 is 11.6 Å². The average Bonchev–Trinajstić information content (AvgIpc) is 2.82. The molecule has 1 heterocycles. The maximum atomic E-state index is 9.17. The number of anilines is 1. The van der Waals surface area contributed by atoms with Gasteiger partial charge in [0.2, 0.25) is 5.95 Å². The molecule has 0 amide bonds. The van der Waals surface area contributed by atoms with Crippen LogP contribution in [0.5, 0.6) is 0 Å². The van der Waals surface area contributed by atoms with E-state index in [4.69, 9.17) is 17.3 Å². The summed E-state index contributed by atoms with van der Waals surface area (Å²) in [6, 6.07) is 15.3. The lowest BCUT2D eigenvalue weighted by Crippen LogP contribution is -2.10. The quantitative estimate of drug-likeness (QED) is 0.783. The molecule has 2 aromatic carbocycles. The molecule has 5 heteroatoms. The molecule has 0 saturated carbocycles. The maximum Gasteiger partial charge on any atom is 0.201 e. The molecule has 1 aromatic heterocycles. The van der Waals surface area contributed by atoms with Crippen molar-refractivity contribution in [3.63, 3.8) is 0 Å². The van der Waals surface area contributed by atoms with Crippen LogP contribution < -0.4 is 5.73 Å². The number of nitrogens with two attached hydrogens (primary N) is 1. The van der Waals surface area contributed by atoms with E-state index in [-0.39, 0.29) is 6.04 Å². The summed E-state index contributed by atoms with van der Waals surface area (Å²) in [6.45, 7) is 2.03. The molecule has 0 aliphatic rings. The Morgan fingerprint density at radius 2 is 2.05 bits per heavy atom. The Kier molecular flexibility index (Phi) is 3.28. The van der Waals surface area contributed by atoms with Gasteiger partial charge in [0.25, 0.3) is 0 Å². The lowest BCUT2D eigenvalue weighted by atomic mass is 10.1. The number of para-hydroxylation sites is 1. The van der Waals surface area contributed by atoms with Crippen molar-refractivity contribution < 1.29 is 0 Å². The predicted molar refractivity (Wildman–Crippen MR) is 84.1 cm³/mol. The van der Waals surface area contributed by atoms with Crippen LogP contribution in [0.15, 0.2) is 42.5 Å². The smallest absolute Gasteiger partial charge is 0.201 e. The van der Waals surface area contributed by atoms with E-state index in [1.165, 1.54) is 0 Å². The molecule has 21 heavy (non-hydrogen) atoms. The van der Waals surface area contributed by atoms with E-state index in [9.17, 15) is 5.26 Å². The van der Waals surface area contributed by atoms with Crippen molar-refractivity contribution in [2.45, 2.75) is 13.0 Å². The van der Waals surface area contributed by atoms with E-state index in [2.05, 4.69) is 11.1 Å².